The number of unbranched alkanes of at least 4 members (excludes halogenated alkanes) is 1. The van der Waals surface area contributed by atoms with Gasteiger partial charge in [-0.05, 0) is 6.42 Å². The molecule has 2 atom stereocenters. The highest BCUT2D eigenvalue weighted by Gasteiger charge is 1.99. The Balaban J connectivity index is 3.66. The first kappa shape index (κ1) is 12.4. The van der Waals surface area contributed by atoms with Gasteiger partial charge >= 0.3 is 0 Å². The molecule has 3 N–H and O–H groups in total. The van der Waals surface area contributed by atoms with Crippen molar-refractivity contribution in [2.75, 3.05) is 6.61 Å². The second-order valence-electron chi connectivity index (χ2n) is 2.97. The molecule has 0 aliphatic carbocycles. The lowest BCUT2D eigenvalue weighted by molar-refractivity contribution is 0.175. The average molecular weight is 186 g/mol. The minimum atomic E-state index is -0.818. The maximum Gasteiger partial charge on any atom is 0.117 e. The summed E-state index contributed by atoms with van der Waals surface area (Å²) in [6.45, 7) is 1.96. The van der Waals surface area contributed by atoms with Crippen molar-refractivity contribution in [2.45, 2.75) is 44.8 Å². The lowest BCUT2D eigenvalue weighted by Crippen LogP contribution is -2.08. The van der Waals surface area contributed by atoms with Gasteiger partial charge in [-0.3, -0.25) is 0 Å². The van der Waals surface area contributed by atoms with Crippen molar-refractivity contribution in [1.29, 1.82) is 0 Å². The summed E-state index contributed by atoms with van der Waals surface area (Å²) in [4.78, 5) is 0. The van der Waals surface area contributed by atoms with Crippen LogP contribution in [0, 0.1) is 11.8 Å². The molecular formula is C10H18O3. The van der Waals surface area contributed by atoms with Crippen LogP contribution in [0.3, 0.4) is 0 Å². The minimum Gasteiger partial charge on any atom is -0.396 e. The molecule has 13 heavy (non-hydrogen) atoms. The maximum absolute atomic E-state index is 9.25. The average Bonchev–Trinajstić information content (AvgIpc) is 2.12. The van der Waals surface area contributed by atoms with E-state index < -0.39 is 12.2 Å². The van der Waals surface area contributed by atoms with E-state index in [2.05, 4.69) is 11.8 Å². The van der Waals surface area contributed by atoms with Crippen LogP contribution in [0.1, 0.15) is 32.6 Å². The first-order chi connectivity index (χ1) is 6.20. The Bertz CT molecular complexity index is 169. The fourth-order valence-corrected chi connectivity index (χ4v) is 0.856. The second kappa shape index (κ2) is 8.06. The predicted molar refractivity (Wildman–Crippen MR) is 51.0 cm³/mol. The van der Waals surface area contributed by atoms with Crippen LogP contribution in [-0.2, 0) is 0 Å². The Labute approximate surface area is 79.4 Å². The molecule has 0 aromatic heterocycles. The number of aliphatic hydroxyl groups is 3. The Kier molecular flexibility index (Phi) is 7.71. The van der Waals surface area contributed by atoms with E-state index in [0.717, 1.165) is 12.8 Å². The number of hydrogen-bond acceptors (Lipinski definition) is 3. The van der Waals surface area contributed by atoms with E-state index >= 15 is 0 Å². The summed E-state index contributed by atoms with van der Waals surface area (Å²) in [5.74, 6) is 5.03. The summed E-state index contributed by atoms with van der Waals surface area (Å²) in [6.07, 6.45) is 1.39. The first-order valence-electron chi connectivity index (χ1n) is 4.68. The van der Waals surface area contributed by atoms with E-state index in [9.17, 15) is 5.11 Å². The molecule has 76 valence electrons. The third-order valence-corrected chi connectivity index (χ3v) is 1.65. The van der Waals surface area contributed by atoms with E-state index in [-0.39, 0.29) is 13.0 Å². The highest BCUT2D eigenvalue weighted by atomic mass is 16.3. The molecule has 0 amide bonds. The molecule has 0 bridgehead atoms. The van der Waals surface area contributed by atoms with Crippen LogP contribution < -0.4 is 0 Å². The lowest BCUT2D eigenvalue weighted by atomic mass is 10.1. The van der Waals surface area contributed by atoms with Gasteiger partial charge < -0.3 is 15.3 Å². The van der Waals surface area contributed by atoms with E-state index in [1.165, 1.54) is 0 Å². The van der Waals surface area contributed by atoms with Crippen molar-refractivity contribution in [2.24, 2.45) is 0 Å². The van der Waals surface area contributed by atoms with E-state index in [4.69, 9.17) is 10.2 Å². The van der Waals surface area contributed by atoms with Crippen LogP contribution in [-0.4, -0.2) is 34.1 Å². The van der Waals surface area contributed by atoms with Crippen LogP contribution in [0.15, 0.2) is 0 Å². The van der Waals surface area contributed by atoms with Gasteiger partial charge in [-0.15, -0.1) is 0 Å². The highest BCUT2D eigenvalue weighted by Crippen LogP contribution is 1.99. The molecule has 0 aromatic rings. The molecule has 0 spiro atoms. The van der Waals surface area contributed by atoms with Gasteiger partial charge in [-0.25, -0.2) is 0 Å². The smallest absolute Gasteiger partial charge is 0.117 e. The van der Waals surface area contributed by atoms with Crippen LogP contribution in [0.4, 0.5) is 0 Å². The van der Waals surface area contributed by atoms with Gasteiger partial charge in [0.25, 0.3) is 0 Å². The van der Waals surface area contributed by atoms with Crippen LogP contribution in [0.25, 0.3) is 0 Å². The first-order valence-corrected chi connectivity index (χ1v) is 4.68. The van der Waals surface area contributed by atoms with Crippen molar-refractivity contribution < 1.29 is 15.3 Å². The number of aliphatic hydroxyl groups excluding tert-OH is 3. The topological polar surface area (TPSA) is 60.7 Å². The standard InChI is InChI=1S/C10H18O3/c1-2-3-4-9(12)5-6-10(13)7-8-11/h9-13H,2-4,7-8H2,1H3/t9-,10+/m0/s1. The molecule has 3 heteroatoms. The Morgan fingerprint density at radius 3 is 2.08 bits per heavy atom. The molecule has 0 saturated carbocycles. The number of rotatable bonds is 5. The SMILES string of the molecule is CCCC[C@H](O)C#C[C@@H](O)CCO. The summed E-state index contributed by atoms with van der Waals surface area (Å²) >= 11 is 0. The zero-order valence-electron chi connectivity index (χ0n) is 8.03. The largest absolute Gasteiger partial charge is 0.396 e. The van der Waals surface area contributed by atoms with Crippen molar-refractivity contribution in [3.63, 3.8) is 0 Å². The van der Waals surface area contributed by atoms with Gasteiger partial charge in [0.1, 0.15) is 12.2 Å². The summed E-state index contributed by atoms with van der Waals surface area (Å²) in [6, 6.07) is 0. The van der Waals surface area contributed by atoms with Gasteiger partial charge in [-0.2, -0.15) is 0 Å². The van der Waals surface area contributed by atoms with E-state index in [0.29, 0.717) is 6.42 Å². The molecule has 0 aliphatic rings. The Hall–Kier alpha value is -0.560. The molecule has 0 unspecified atom stereocenters. The second-order valence-corrected chi connectivity index (χ2v) is 2.97. The molecule has 0 aliphatic heterocycles. The lowest BCUT2D eigenvalue weighted by Gasteiger charge is -2.02. The fraction of sp³-hybridized carbons (Fsp3) is 0.800. The number of hydrogen-bond donors (Lipinski definition) is 3. The molecule has 3 nitrogen and oxygen atoms in total. The zero-order valence-corrected chi connectivity index (χ0v) is 8.03. The fourth-order valence-electron chi connectivity index (χ4n) is 0.856. The van der Waals surface area contributed by atoms with Crippen molar-refractivity contribution in [3.8, 4) is 11.8 Å². The normalized spacial score (nSPS) is 14.5. The molecule has 0 rings (SSSR count). The van der Waals surface area contributed by atoms with Crippen molar-refractivity contribution >= 4 is 0 Å². The molecule has 0 radical (unpaired) electrons. The third kappa shape index (κ3) is 7.79. The Morgan fingerprint density at radius 1 is 1.08 bits per heavy atom. The predicted octanol–water partition coefficient (Wildman–Crippen LogP) is 0.284. The van der Waals surface area contributed by atoms with Gasteiger partial charge in [0.2, 0.25) is 0 Å². The summed E-state index contributed by atoms with van der Waals surface area (Å²) < 4.78 is 0. The highest BCUT2D eigenvalue weighted by molar-refractivity contribution is 5.08. The van der Waals surface area contributed by atoms with Gasteiger partial charge in [0.15, 0.2) is 0 Å². The zero-order chi connectivity index (χ0) is 10.1. The van der Waals surface area contributed by atoms with Crippen LogP contribution >= 0.6 is 0 Å². The molecular weight excluding hydrogens is 168 g/mol. The summed E-state index contributed by atoms with van der Waals surface area (Å²) in [5.41, 5.74) is 0. The minimum absolute atomic E-state index is 0.0824. The van der Waals surface area contributed by atoms with Crippen molar-refractivity contribution in [3.05, 3.63) is 0 Å². The van der Waals surface area contributed by atoms with Gasteiger partial charge in [-0.1, -0.05) is 31.6 Å². The summed E-state index contributed by atoms with van der Waals surface area (Å²) in [7, 11) is 0. The Morgan fingerprint density at radius 2 is 1.62 bits per heavy atom. The van der Waals surface area contributed by atoms with Gasteiger partial charge in [0.05, 0.1) is 0 Å². The molecule has 0 heterocycles. The van der Waals surface area contributed by atoms with Crippen molar-refractivity contribution in [1.82, 2.24) is 0 Å². The summed E-state index contributed by atoms with van der Waals surface area (Å²) in [5, 5.41) is 26.8. The molecule has 0 saturated heterocycles. The van der Waals surface area contributed by atoms with Gasteiger partial charge in [0, 0.05) is 13.0 Å². The van der Waals surface area contributed by atoms with E-state index in [1.807, 2.05) is 6.92 Å². The maximum atomic E-state index is 9.25. The molecule has 0 fully saturated rings. The monoisotopic (exact) mass is 186 g/mol. The van der Waals surface area contributed by atoms with Crippen LogP contribution in [0.2, 0.25) is 0 Å². The van der Waals surface area contributed by atoms with E-state index in [1.54, 1.807) is 0 Å². The third-order valence-electron chi connectivity index (χ3n) is 1.65. The quantitative estimate of drug-likeness (QED) is 0.541. The van der Waals surface area contributed by atoms with Crippen LogP contribution in [0.5, 0.6) is 0 Å². The molecule has 0 aromatic carbocycles.